The van der Waals surface area contributed by atoms with Crippen molar-refractivity contribution in [2.75, 3.05) is 23.4 Å². The number of nitrogens with zero attached hydrogens (tertiary/aromatic N) is 2. The zero-order valence-corrected chi connectivity index (χ0v) is 10.4. The summed E-state index contributed by atoms with van der Waals surface area (Å²) in [6.45, 7) is 0.455. The molecule has 1 aliphatic heterocycles. The first kappa shape index (κ1) is 12.7. The van der Waals surface area contributed by atoms with Gasteiger partial charge < -0.3 is 10.4 Å². The van der Waals surface area contributed by atoms with E-state index >= 15 is 0 Å². The van der Waals surface area contributed by atoms with E-state index < -0.39 is 15.8 Å². The number of aromatic nitrogens is 2. The number of aromatic carboxylic acids is 1. The van der Waals surface area contributed by atoms with Gasteiger partial charge in [-0.25, -0.2) is 18.2 Å². The molecule has 1 saturated heterocycles. The summed E-state index contributed by atoms with van der Waals surface area (Å²) in [5.41, 5.74) is -0.140. The fraction of sp³-hybridized carbons (Fsp3) is 0.500. The number of nitrogens with one attached hydrogen (secondary N) is 1. The highest BCUT2D eigenvalue weighted by Crippen LogP contribution is 2.18. The van der Waals surface area contributed by atoms with E-state index in [0.717, 1.165) is 6.20 Å². The Morgan fingerprint density at radius 3 is 2.89 bits per heavy atom. The van der Waals surface area contributed by atoms with Crippen molar-refractivity contribution in [2.45, 2.75) is 6.42 Å². The Balaban J connectivity index is 1.95. The normalized spacial score (nSPS) is 21.7. The monoisotopic (exact) mass is 271 g/mol. The third-order valence-corrected chi connectivity index (χ3v) is 4.59. The third kappa shape index (κ3) is 3.16. The number of carboxylic acids is 1. The fourth-order valence-electron chi connectivity index (χ4n) is 1.84. The Kier molecular flexibility index (Phi) is 3.46. The summed E-state index contributed by atoms with van der Waals surface area (Å²) in [5.74, 6) is -0.356. The van der Waals surface area contributed by atoms with Gasteiger partial charge in [0.15, 0.2) is 15.5 Å². The topological polar surface area (TPSA) is 109 Å². The summed E-state index contributed by atoms with van der Waals surface area (Å²) in [5, 5.41) is 11.7. The van der Waals surface area contributed by atoms with E-state index in [1.807, 2.05) is 0 Å². The first-order valence-electron chi connectivity index (χ1n) is 5.46. The Labute approximate surface area is 104 Å². The Bertz CT molecular complexity index is 558. The first-order valence-corrected chi connectivity index (χ1v) is 7.28. The molecule has 0 aromatic carbocycles. The molecule has 1 aliphatic rings. The van der Waals surface area contributed by atoms with Gasteiger partial charge >= 0.3 is 5.97 Å². The minimum Gasteiger partial charge on any atom is -0.476 e. The number of hydrogen-bond donors (Lipinski definition) is 2. The largest absolute Gasteiger partial charge is 0.476 e. The SMILES string of the molecule is O=C(O)c1cncc(NCC2CCS(=O)(=O)C2)n1. The van der Waals surface area contributed by atoms with Crippen molar-refractivity contribution in [1.82, 2.24) is 9.97 Å². The van der Waals surface area contributed by atoms with Gasteiger partial charge in [0.05, 0.1) is 23.9 Å². The van der Waals surface area contributed by atoms with Gasteiger partial charge in [0.1, 0.15) is 5.82 Å². The molecule has 0 aliphatic carbocycles. The van der Waals surface area contributed by atoms with E-state index in [0.29, 0.717) is 18.8 Å². The molecule has 2 N–H and O–H groups in total. The van der Waals surface area contributed by atoms with Crippen LogP contribution in [-0.2, 0) is 9.84 Å². The Morgan fingerprint density at radius 2 is 2.28 bits per heavy atom. The number of carboxylic acid groups (broad SMARTS) is 1. The van der Waals surface area contributed by atoms with Gasteiger partial charge in [-0.15, -0.1) is 0 Å². The van der Waals surface area contributed by atoms with Crippen LogP contribution in [0, 0.1) is 5.92 Å². The number of hydrogen-bond acceptors (Lipinski definition) is 6. The maximum Gasteiger partial charge on any atom is 0.356 e. The predicted octanol–water partition coefficient (Wildman–Crippen LogP) is 0.0214. The van der Waals surface area contributed by atoms with Crippen LogP contribution in [0.5, 0.6) is 0 Å². The van der Waals surface area contributed by atoms with E-state index in [1.165, 1.54) is 6.20 Å². The lowest BCUT2D eigenvalue weighted by Crippen LogP contribution is -2.17. The van der Waals surface area contributed by atoms with E-state index in [-0.39, 0.29) is 23.1 Å². The average Bonchev–Trinajstić information content (AvgIpc) is 2.67. The maximum absolute atomic E-state index is 11.3. The van der Waals surface area contributed by atoms with Crippen LogP contribution in [0.1, 0.15) is 16.9 Å². The molecule has 0 saturated carbocycles. The van der Waals surface area contributed by atoms with Crippen molar-refractivity contribution < 1.29 is 18.3 Å². The summed E-state index contributed by atoms with van der Waals surface area (Å²) in [6.07, 6.45) is 3.20. The minimum atomic E-state index is -2.89. The standard InChI is InChI=1S/C10H13N3O4S/c14-10(15)8-4-11-5-9(13-8)12-3-7-1-2-18(16,17)6-7/h4-5,7H,1-3,6H2,(H,12,13)(H,14,15). The van der Waals surface area contributed by atoms with Crippen LogP contribution in [0.25, 0.3) is 0 Å². The summed E-state index contributed by atoms with van der Waals surface area (Å²) in [7, 11) is -2.89. The van der Waals surface area contributed by atoms with E-state index in [9.17, 15) is 13.2 Å². The Hall–Kier alpha value is -1.70. The molecule has 18 heavy (non-hydrogen) atoms. The summed E-state index contributed by atoms with van der Waals surface area (Å²) >= 11 is 0. The van der Waals surface area contributed by atoms with Gasteiger partial charge in [-0.2, -0.15) is 0 Å². The molecular weight excluding hydrogens is 258 g/mol. The second kappa shape index (κ2) is 4.89. The fourth-order valence-corrected chi connectivity index (χ4v) is 3.70. The molecule has 2 rings (SSSR count). The first-order chi connectivity index (χ1) is 8.46. The minimum absolute atomic E-state index is 0.0466. The van der Waals surface area contributed by atoms with Crippen LogP contribution in [0.15, 0.2) is 12.4 Å². The van der Waals surface area contributed by atoms with Gasteiger partial charge in [-0.05, 0) is 12.3 Å². The second-order valence-corrected chi connectivity index (χ2v) is 6.47. The lowest BCUT2D eigenvalue weighted by atomic mass is 10.1. The number of sulfone groups is 1. The van der Waals surface area contributed by atoms with E-state index in [4.69, 9.17) is 5.11 Å². The summed E-state index contributed by atoms with van der Waals surface area (Å²) in [4.78, 5) is 18.3. The van der Waals surface area contributed by atoms with Crippen molar-refractivity contribution in [3.63, 3.8) is 0 Å². The van der Waals surface area contributed by atoms with Crippen LogP contribution in [0.3, 0.4) is 0 Å². The van der Waals surface area contributed by atoms with Crippen molar-refractivity contribution in [3.05, 3.63) is 18.1 Å². The van der Waals surface area contributed by atoms with Crippen LogP contribution in [-0.4, -0.2) is 47.5 Å². The summed E-state index contributed by atoms with van der Waals surface area (Å²) in [6, 6.07) is 0. The molecular formula is C10H13N3O4S. The van der Waals surface area contributed by atoms with Crippen LogP contribution in [0.2, 0.25) is 0 Å². The maximum atomic E-state index is 11.3. The lowest BCUT2D eigenvalue weighted by molar-refractivity contribution is 0.0690. The molecule has 0 amide bonds. The number of carbonyl (C=O) groups is 1. The molecule has 0 bridgehead atoms. The number of rotatable bonds is 4. The smallest absolute Gasteiger partial charge is 0.356 e. The molecule has 0 spiro atoms. The molecule has 0 radical (unpaired) electrons. The Morgan fingerprint density at radius 1 is 1.50 bits per heavy atom. The number of anilines is 1. The summed E-state index contributed by atoms with van der Waals surface area (Å²) < 4.78 is 22.5. The third-order valence-electron chi connectivity index (χ3n) is 2.75. The highest BCUT2D eigenvalue weighted by molar-refractivity contribution is 7.91. The zero-order valence-electron chi connectivity index (χ0n) is 9.54. The van der Waals surface area contributed by atoms with Crippen molar-refractivity contribution >= 4 is 21.6 Å². The zero-order chi connectivity index (χ0) is 13.2. The van der Waals surface area contributed by atoms with Crippen molar-refractivity contribution in [1.29, 1.82) is 0 Å². The van der Waals surface area contributed by atoms with Crippen molar-refractivity contribution in [2.24, 2.45) is 5.92 Å². The van der Waals surface area contributed by atoms with Crippen LogP contribution < -0.4 is 5.32 Å². The predicted molar refractivity (Wildman–Crippen MR) is 64.2 cm³/mol. The van der Waals surface area contributed by atoms with Crippen molar-refractivity contribution in [3.8, 4) is 0 Å². The highest BCUT2D eigenvalue weighted by Gasteiger charge is 2.27. The molecule has 1 aromatic heterocycles. The van der Waals surface area contributed by atoms with Crippen LogP contribution >= 0.6 is 0 Å². The second-order valence-electron chi connectivity index (χ2n) is 4.24. The molecule has 1 fully saturated rings. The molecule has 7 nitrogen and oxygen atoms in total. The molecule has 1 aromatic rings. The van der Waals surface area contributed by atoms with Gasteiger partial charge in [-0.1, -0.05) is 0 Å². The van der Waals surface area contributed by atoms with Gasteiger partial charge in [-0.3, -0.25) is 4.98 Å². The lowest BCUT2D eigenvalue weighted by Gasteiger charge is -2.09. The highest BCUT2D eigenvalue weighted by atomic mass is 32.2. The van der Waals surface area contributed by atoms with E-state index in [1.54, 1.807) is 0 Å². The van der Waals surface area contributed by atoms with Gasteiger partial charge in [0.25, 0.3) is 0 Å². The van der Waals surface area contributed by atoms with Crippen LogP contribution in [0.4, 0.5) is 5.82 Å². The molecule has 98 valence electrons. The quantitative estimate of drug-likeness (QED) is 0.794. The molecule has 2 heterocycles. The molecule has 8 heteroatoms. The van der Waals surface area contributed by atoms with E-state index in [2.05, 4.69) is 15.3 Å². The average molecular weight is 271 g/mol. The molecule has 1 unspecified atom stereocenters. The van der Waals surface area contributed by atoms with Gasteiger partial charge in [0.2, 0.25) is 0 Å². The van der Waals surface area contributed by atoms with Gasteiger partial charge in [0, 0.05) is 6.54 Å². The molecule has 1 atom stereocenters.